The highest BCUT2D eigenvalue weighted by Crippen LogP contribution is 2.35. The molecule has 0 spiro atoms. The Hall–Kier alpha value is -12.5. The fourth-order valence-electron chi connectivity index (χ4n) is 9.30. The molecule has 9 aromatic carbocycles. The third-order valence-electron chi connectivity index (χ3n) is 14.3. The summed E-state index contributed by atoms with van der Waals surface area (Å²) >= 11 is 0. The number of hydrogen-bond acceptors (Lipinski definition) is 23. The van der Waals surface area contributed by atoms with Crippen molar-refractivity contribution >= 4 is 28.9 Å². The largest absolute Gasteiger partial charge is 0.508 e. The number of para-hydroxylation sites is 2. The first-order chi connectivity index (χ1) is 47.8. The van der Waals surface area contributed by atoms with Gasteiger partial charge in [-0.25, -0.2) is 0 Å². The lowest BCUT2D eigenvalue weighted by atomic mass is 9.86. The maximum absolute atomic E-state index is 12.5. The van der Waals surface area contributed by atoms with Gasteiger partial charge in [0.2, 0.25) is 5.79 Å². The number of carbonyl (C=O) groups is 5. The number of phenols is 9. The van der Waals surface area contributed by atoms with Gasteiger partial charge in [0.05, 0.1) is 91.1 Å². The maximum atomic E-state index is 12.5. The molecule has 1 atom stereocenters. The van der Waals surface area contributed by atoms with Crippen molar-refractivity contribution in [2.45, 2.75) is 46.3 Å². The molecule has 0 saturated heterocycles. The first-order valence-electron chi connectivity index (χ1n) is 31.0. The quantitative estimate of drug-likeness (QED) is 0.0221. The van der Waals surface area contributed by atoms with Crippen LogP contribution >= 0.6 is 0 Å². The molecule has 0 radical (unpaired) electrons. The first kappa shape index (κ1) is 76.5. The minimum atomic E-state index is -2.42. The number of benzene rings is 9. The Labute approximate surface area is 575 Å². The van der Waals surface area contributed by atoms with Gasteiger partial charge >= 0.3 is 0 Å². The standard InChI is InChI=1S/C19H22O5.C17H18O5.C15H14O5.C13H12O5.C13H10O3/c1-3-9-23-13-5-7-15(17(20)11-13)19(22)16-8-6-14(12-18(16)21)24-10-4-2;1-3-21-11-5-7-13(15(18)9-11)17(20)14-8-6-12(22-4-2)10-16(14)19;1-19-9-3-5-11(13(16)7-9)15(18)12-6-4-10(20-2)8-14(12)17;14-9-3-1-8(2-4-9)12(16)11-6-5-10(15)7-13(11,17)18;14-11-7-3-1-5-9(11)13(16)10-6-2-4-8-12(10)15/h5-8,11-12,20-21H,3-4,9-10H2,1-2H3;5-10,18-19H,3-4H2,1-2H3;3-8,16-17H,1-2H3;1-7,11,14-15,17-18H;1-8,14-15H. The third-order valence-corrected chi connectivity index (χ3v) is 14.3. The van der Waals surface area contributed by atoms with Crippen LogP contribution in [0.2, 0.25) is 0 Å². The Morgan fingerprint density at radius 2 is 0.650 bits per heavy atom. The summed E-state index contributed by atoms with van der Waals surface area (Å²) < 4.78 is 31.2. The van der Waals surface area contributed by atoms with E-state index in [-0.39, 0.29) is 108 Å². The van der Waals surface area contributed by atoms with Crippen molar-refractivity contribution in [2.75, 3.05) is 40.6 Å². The molecule has 522 valence electrons. The molecule has 23 nitrogen and oxygen atoms in total. The van der Waals surface area contributed by atoms with Crippen molar-refractivity contribution in [3.63, 3.8) is 0 Å². The molecule has 0 fully saturated rings. The predicted octanol–water partition coefficient (Wildman–Crippen LogP) is 12.6. The molecule has 10 rings (SSSR count). The van der Waals surface area contributed by atoms with Crippen molar-refractivity contribution in [1.29, 1.82) is 0 Å². The molecular weight excluding hydrogens is 1290 g/mol. The van der Waals surface area contributed by atoms with E-state index in [1.807, 2.05) is 27.7 Å². The molecule has 0 aliphatic heterocycles. The van der Waals surface area contributed by atoms with Gasteiger partial charge in [-0.15, -0.1) is 0 Å². The molecule has 1 aliphatic carbocycles. The third kappa shape index (κ3) is 20.8. The second kappa shape index (κ2) is 36.6. The summed E-state index contributed by atoms with van der Waals surface area (Å²) in [5.41, 5.74) is 1.20. The van der Waals surface area contributed by atoms with Crippen LogP contribution in [0.3, 0.4) is 0 Å². The van der Waals surface area contributed by atoms with E-state index >= 15 is 0 Å². The average Bonchev–Trinajstić information content (AvgIpc) is 0.816. The summed E-state index contributed by atoms with van der Waals surface area (Å²) in [5.74, 6) is -4.72. The molecule has 9 aromatic rings. The number of aromatic hydroxyl groups is 9. The number of Topliss-reactive ketones (excluding diaryl/α,β-unsaturated/α-hetero) is 1. The highest BCUT2D eigenvalue weighted by Gasteiger charge is 2.39. The zero-order valence-corrected chi connectivity index (χ0v) is 55.2. The molecule has 12 N–H and O–H groups in total. The highest BCUT2D eigenvalue weighted by atomic mass is 16.5. The Morgan fingerprint density at radius 1 is 0.360 bits per heavy atom. The monoisotopic (exact) mass is 1370 g/mol. The van der Waals surface area contributed by atoms with Crippen LogP contribution in [0, 0.1) is 5.92 Å². The summed E-state index contributed by atoms with van der Waals surface area (Å²) in [6.45, 7) is 9.61. The Morgan fingerprint density at radius 3 is 0.930 bits per heavy atom. The van der Waals surface area contributed by atoms with Crippen LogP contribution < -0.4 is 28.4 Å². The minimum Gasteiger partial charge on any atom is -0.508 e. The summed E-state index contributed by atoms with van der Waals surface area (Å²) in [6.07, 6.45) is 4.96. The molecule has 0 amide bonds. The fraction of sp³-hybridized carbons (Fsp3) is 0.182. The normalized spacial score (nSPS) is 12.2. The number of allylic oxidation sites excluding steroid dienone is 1. The number of aliphatic hydroxyl groups is 3. The van der Waals surface area contributed by atoms with E-state index in [1.54, 1.807) is 60.7 Å². The van der Waals surface area contributed by atoms with Crippen molar-refractivity contribution in [3.8, 4) is 86.2 Å². The van der Waals surface area contributed by atoms with Crippen LogP contribution in [-0.4, -0.2) is 137 Å². The van der Waals surface area contributed by atoms with Crippen LogP contribution in [0.1, 0.15) is 115 Å². The van der Waals surface area contributed by atoms with E-state index in [2.05, 4.69) is 0 Å². The molecule has 1 unspecified atom stereocenters. The topological polar surface area (TPSA) is 383 Å². The smallest absolute Gasteiger partial charge is 0.200 e. The van der Waals surface area contributed by atoms with Gasteiger partial charge in [0.1, 0.15) is 92.0 Å². The molecule has 0 bridgehead atoms. The van der Waals surface area contributed by atoms with Crippen LogP contribution in [0.5, 0.6) is 86.2 Å². The zero-order valence-electron chi connectivity index (χ0n) is 55.2. The van der Waals surface area contributed by atoms with Gasteiger partial charge in [-0.1, -0.05) is 44.2 Å². The Balaban J connectivity index is 0.000000198. The number of ketones is 5. The second-order valence-corrected chi connectivity index (χ2v) is 21.5. The number of rotatable bonds is 22. The minimum absolute atomic E-state index is 0.0162. The van der Waals surface area contributed by atoms with Gasteiger partial charge in [0, 0.05) is 48.0 Å². The lowest BCUT2D eigenvalue weighted by Gasteiger charge is -2.27. The van der Waals surface area contributed by atoms with E-state index in [9.17, 15) is 75.0 Å². The lowest BCUT2D eigenvalue weighted by molar-refractivity contribution is -0.138. The SMILES string of the molecule is CCCOc1ccc(C(=O)c2ccc(OCCC)cc2O)c(O)c1.CCOc1ccc(C(=O)c2ccc(OCC)cc2O)c(O)c1.COc1ccc(C(=O)c2ccc(OC)cc2O)c(O)c1.O=C(c1ccc(O)cc1)C1C=CC(O)=CC1(O)O.O=C(c1ccccc1O)c1ccccc1O. The van der Waals surface area contributed by atoms with Gasteiger partial charge in [-0.2, -0.15) is 0 Å². The number of phenolic OH excluding ortho intramolecular Hbond substituents is 9. The van der Waals surface area contributed by atoms with Crippen LogP contribution in [-0.2, 0) is 0 Å². The lowest BCUT2D eigenvalue weighted by Crippen LogP contribution is -2.41. The maximum Gasteiger partial charge on any atom is 0.200 e. The molecule has 100 heavy (non-hydrogen) atoms. The van der Waals surface area contributed by atoms with Crippen molar-refractivity contribution < 1.29 is 114 Å². The van der Waals surface area contributed by atoms with E-state index in [0.29, 0.717) is 60.9 Å². The molecular formula is C77H76O23. The first-order valence-corrected chi connectivity index (χ1v) is 31.0. The Kier molecular flexibility index (Phi) is 28.0. The van der Waals surface area contributed by atoms with Gasteiger partial charge in [-0.05, 0) is 154 Å². The van der Waals surface area contributed by atoms with Crippen LogP contribution in [0.25, 0.3) is 0 Å². The summed E-state index contributed by atoms with van der Waals surface area (Å²) in [5, 5.41) is 116. The van der Waals surface area contributed by atoms with Gasteiger partial charge in [-0.3, -0.25) is 24.0 Å². The van der Waals surface area contributed by atoms with Crippen molar-refractivity contribution in [3.05, 3.63) is 256 Å². The number of aliphatic hydroxyl groups excluding tert-OH is 1. The Bertz CT molecular complexity index is 4160. The number of methoxy groups -OCH3 is 2. The van der Waals surface area contributed by atoms with E-state index in [4.69, 9.17) is 38.6 Å². The van der Waals surface area contributed by atoms with Gasteiger partial charge in [0.15, 0.2) is 28.9 Å². The summed E-state index contributed by atoms with van der Waals surface area (Å²) in [6, 6.07) is 44.6. The van der Waals surface area contributed by atoms with E-state index in [0.717, 1.165) is 18.9 Å². The highest BCUT2D eigenvalue weighted by molar-refractivity contribution is 6.14. The van der Waals surface area contributed by atoms with Crippen molar-refractivity contribution in [2.24, 2.45) is 5.92 Å². The fourth-order valence-corrected chi connectivity index (χ4v) is 9.30. The summed E-state index contributed by atoms with van der Waals surface area (Å²) in [4.78, 5) is 61.3. The molecule has 0 saturated carbocycles. The molecule has 23 heteroatoms. The number of hydrogen-bond donors (Lipinski definition) is 12. The second-order valence-electron chi connectivity index (χ2n) is 21.5. The number of carbonyl (C=O) groups excluding carboxylic acids is 5. The molecule has 0 aromatic heterocycles. The summed E-state index contributed by atoms with van der Waals surface area (Å²) in [7, 11) is 2.93. The molecule has 1 aliphatic rings. The predicted molar refractivity (Wildman–Crippen MR) is 369 cm³/mol. The van der Waals surface area contributed by atoms with Crippen LogP contribution in [0.15, 0.2) is 206 Å². The molecule has 0 heterocycles. The van der Waals surface area contributed by atoms with Crippen LogP contribution in [0.4, 0.5) is 0 Å². The average molecular weight is 1370 g/mol. The van der Waals surface area contributed by atoms with Gasteiger partial charge in [0.25, 0.3) is 0 Å². The van der Waals surface area contributed by atoms with E-state index < -0.39 is 40.6 Å². The van der Waals surface area contributed by atoms with Crippen molar-refractivity contribution in [1.82, 2.24) is 0 Å². The number of ether oxygens (including phenoxy) is 6. The van der Waals surface area contributed by atoms with Gasteiger partial charge < -0.3 is 89.7 Å². The zero-order chi connectivity index (χ0) is 73.2. The van der Waals surface area contributed by atoms with E-state index in [1.165, 1.54) is 148 Å².